The Bertz CT molecular complexity index is 1170. The number of allylic oxidation sites excluding steroid dienone is 3. The van der Waals surface area contributed by atoms with Crippen molar-refractivity contribution in [3.8, 4) is 0 Å². The van der Waals surface area contributed by atoms with Gasteiger partial charge in [0, 0.05) is 6.42 Å². The number of rotatable bonds is 39. The number of ether oxygens (including phenoxy) is 4. The topological polar surface area (TPSA) is 228 Å². The Morgan fingerprint density at radius 1 is 0.547 bits per heavy atom. The molecule has 64 heavy (non-hydrogen) atoms. The lowest BCUT2D eigenvalue weighted by atomic mass is 9.97. The summed E-state index contributed by atoms with van der Waals surface area (Å²) in [6.07, 6.45) is 23.6. The molecule has 2 aliphatic heterocycles. The number of carbonyl (C=O) groups is 1. The summed E-state index contributed by atoms with van der Waals surface area (Å²) < 4.78 is 22.7. The Labute approximate surface area is 386 Å². The summed E-state index contributed by atoms with van der Waals surface area (Å²) in [5.41, 5.74) is 0. The van der Waals surface area contributed by atoms with E-state index >= 15 is 0 Å². The molecule has 12 atom stereocenters. The van der Waals surface area contributed by atoms with Crippen molar-refractivity contribution < 1.29 is 64.6 Å². The minimum Gasteiger partial charge on any atom is -0.394 e. The fraction of sp³-hybridized carbons (Fsp3) is 0.900. The molecular formula is C50H93NO13. The molecular weight excluding hydrogens is 823 g/mol. The number of hydrogen-bond acceptors (Lipinski definition) is 13. The smallest absolute Gasteiger partial charge is 0.220 e. The van der Waals surface area contributed by atoms with Crippen LogP contribution in [0.5, 0.6) is 0 Å². The molecule has 0 aromatic carbocycles. The van der Waals surface area contributed by atoms with Gasteiger partial charge in [0.15, 0.2) is 12.6 Å². The van der Waals surface area contributed by atoms with Gasteiger partial charge < -0.3 is 65.1 Å². The molecule has 2 saturated heterocycles. The van der Waals surface area contributed by atoms with E-state index in [-0.39, 0.29) is 18.9 Å². The van der Waals surface area contributed by atoms with Crippen LogP contribution in [0.1, 0.15) is 194 Å². The molecule has 1 amide bonds. The third-order valence-electron chi connectivity index (χ3n) is 12.6. The van der Waals surface area contributed by atoms with Crippen LogP contribution in [0.3, 0.4) is 0 Å². The van der Waals surface area contributed by atoms with Gasteiger partial charge in [0.2, 0.25) is 5.91 Å². The Morgan fingerprint density at radius 2 is 0.984 bits per heavy atom. The molecule has 0 bridgehead atoms. The number of aliphatic hydroxyl groups is 8. The van der Waals surface area contributed by atoms with Crippen molar-refractivity contribution in [1.82, 2.24) is 5.32 Å². The van der Waals surface area contributed by atoms with Crippen LogP contribution >= 0.6 is 0 Å². The van der Waals surface area contributed by atoms with Gasteiger partial charge in [-0.25, -0.2) is 0 Å². The number of unbranched alkanes of at least 4 members (excludes halogenated alkanes) is 24. The van der Waals surface area contributed by atoms with Crippen molar-refractivity contribution in [3.05, 3.63) is 24.3 Å². The number of nitrogens with one attached hydrogen (secondary N) is 1. The second-order valence-electron chi connectivity index (χ2n) is 18.3. The van der Waals surface area contributed by atoms with E-state index in [2.05, 4.69) is 31.3 Å². The quantitative estimate of drug-likeness (QED) is 0.0236. The van der Waals surface area contributed by atoms with Crippen LogP contribution in [0.25, 0.3) is 0 Å². The average Bonchev–Trinajstić information content (AvgIpc) is 3.29. The van der Waals surface area contributed by atoms with Gasteiger partial charge in [0.1, 0.15) is 48.8 Å². The monoisotopic (exact) mass is 916 g/mol. The fourth-order valence-electron chi connectivity index (χ4n) is 8.40. The van der Waals surface area contributed by atoms with Crippen molar-refractivity contribution in [1.29, 1.82) is 0 Å². The van der Waals surface area contributed by atoms with E-state index in [9.17, 15) is 45.6 Å². The molecule has 12 unspecified atom stereocenters. The first-order valence-electron chi connectivity index (χ1n) is 25.6. The van der Waals surface area contributed by atoms with E-state index < -0.39 is 86.8 Å². The average molecular weight is 916 g/mol. The zero-order chi connectivity index (χ0) is 46.8. The standard InChI is InChI=1S/C50H93NO13/c1-3-5-7-9-11-13-15-16-17-18-19-20-21-22-24-26-28-30-32-34-42(55)51-38(39(54)33-31-29-27-25-23-14-12-10-8-6-4-2)37-61-49-47(60)45(58)48(41(36-53)63-49)64-50-46(59)44(57)43(56)40(35-52)62-50/h16-17,31,33,38-41,43-50,52-54,56-60H,3-15,18-30,32,34-37H2,1-2H3,(H,51,55)/b17-16-,33-31+. The van der Waals surface area contributed by atoms with Crippen molar-refractivity contribution in [2.75, 3.05) is 19.8 Å². The van der Waals surface area contributed by atoms with Crippen LogP contribution in [-0.4, -0.2) is 140 Å². The number of amides is 1. The van der Waals surface area contributed by atoms with E-state index in [0.717, 1.165) is 38.5 Å². The van der Waals surface area contributed by atoms with Crippen LogP contribution in [0, 0.1) is 0 Å². The minimum atomic E-state index is -1.79. The first-order chi connectivity index (χ1) is 31.1. The van der Waals surface area contributed by atoms with E-state index in [1.807, 2.05) is 6.08 Å². The normalized spacial score (nSPS) is 27.4. The first kappa shape index (κ1) is 58.6. The highest BCUT2D eigenvalue weighted by molar-refractivity contribution is 5.76. The molecule has 0 saturated carbocycles. The SMILES string of the molecule is CCCCCCCC/C=C\CCCCCCCCCCCC(=O)NC(COC1OC(CO)C(OC2OC(CO)C(O)C(O)C2O)C(O)C1O)C(O)/C=C/CCCCCCCCCCC. The maximum Gasteiger partial charge on any atom is 0.220 e. The van der Waals surface area contributed by atoms with Gasteiger partial charge in [0.25, 0.3) is 0 Å². The fourth-order valence-corrected chi connectivity index (χ4v) is 8.40. The lowest BCUT2D eigenvalue weighted by molar-refractivity contribution is -0.359. The Balaban J connectivity index is 1.82. The summed E-state index contributed by atoms with van der Waals surface area (Å²) >= 11 is 0. The van der Waals surface area contributed by atoms with Gasteiger partial charge >= 0.3 is 0 Å². The molecule has 9 N–H and O–H groups in total. The third kappa shape index (κ3) is 24.5. The van der Waals surface area contributed by atoms with Crippen LogP contribution in [0.4, 0.5) is 0 Å². The zero-order valence-corrected chi connectivity index (χ0v) is 39.8. The molecule has 0 aromatic heterocycles. The lowest BCUT2D eigenvalue weighted by Gasteiger charge is -2.46. The van der Waals surface area contributed by atoms with Gasteiger partial charge in [0.05, 0.1) is 32.0 Å². The first-order valence-corrected chi connectivity index (χ1v) is 25.6. The second kappa shape index (κ2) is 37.5. The van der Waals surface area contributed by atoms with Crippen molar-refractivity contribution in [2.24, 2.45) is 0 Å². The maximum absolute atomic E-state index is 13.2. The summed E-state index contributed by atoms with van der Waals surface area (Å²) in [4.78, 5) is 13.2. The molecule has 0 spiro atoms. The molecule has 2 aliphatic rings. The Kier molecular flexibility index (Phi) is 34.3. The molecule has 0 aromatic rings. The van der Waals surface area contributed by atoms with Gasteiger partial charge in [-0.1, -0.05) is 167 Å². The highest BCUT2D eigenvalue weighted by Gasteiger charge is 2.51. The third-order valence-corrected chi connectivity index (χ3v) is 12.6. The minimum absolute atomic E-state index is 0.243. The van der Waals surface area contributed by atoms with Crippen LogP contribution in [0.15, 0.2) is 24.3 Å². The highest BCUT2D eigenvalue weighted by atomic mass is 16.7. The van der Waals surface area contributed by atoms with Crippen LogP contribution in [-0.2, 0) is 23.7 Å². The zero-order valence-electron chi connectivity index (χ0n) is 39.8. The summed E-state index contributed by atoms with van der Waals surface area (Å²) in [6.45, 7) is 2.76. The van der Waals surface area contributed by atoms with Crippen LogP contribution in [0.2, 0.25) is 0 Å². The predicted octanol–water partition coefficient (Wildman–Crippen LogP) is 6.55. The molecule has 0 aliphatic carbocycles. The largest absolute Gasteiger partial charge is 0.394 e. The number of carbonyl (C=O) groups excluding carboxylic acids is 1. The van der Waals surface area contributed by atoms with Gasteiger partial charge in [-0.05, 0) is 44.9 Å². The molecule has 2 heterocycles. The van der Waals surface area contributed by atoms with Gasteiger partial charge in [-0.2, -0.15) is 0 Å². The summed E-state index contributed by atoms with van der Waals surface area (Å²) in [5.74, 6) is -0.243. The molecule has 14 heteroatoms. The maximum atomic E-state index is 13.2. The number of hydrogen-bond donors (Lipinski definition) is 9. The molecule has 14 nitrogen and oxygen atoms in total. The molecule has 0 radical (unpaired) electrons. The Hall–Kier alpha value is -1.53. The van der Waals surface area contributed by atoms with Gasteiger partial charge in [-0.3, -0.25) is 4.79 Å². The predicted molar refractivity (Wildman–Crippen MR) is 249 cm³/mol. The summed E-state index contributed by atoms with van der Waals surface area (Å²) in [5, 5.41) is 86.6. The van der Waals surface area contributed by atoms with Crippen molar-refractivity contribution >= 4 is 5.91 Å². The number of aliphatic hydroxyl groups excluding tert-OH is 8. The van der Waals surface area contributed by atoms with E-state index in [4.69, 9.17) is 18.9 Å². The summed E-state index contributed by atoms with van der Waals surface area (Å²) in [6, 6.07) is -0.911. The van der Waals surface area contributed by atoms with Crippen molar-refractivity contribution in [2.45, 2.75) is 267 Å². The lowest BCUT2D eigenvalue weighted by Crippen LogP contribution is -2.65. The molecule has 2 rings (SSSR count). The highest BCUT2D eigenvalue weighted by Crippen LogP contribution is 2.30. The van der Waals surface area contributed by atoms with E-state index in [0.29, 0.717) is 6.42 Å². The van der Waals surface area contributed by atoms with Crippen molar-refractivity contribution in [3.63, 3.8) is 0 Å². The molecule has 2 fully saturated rings. The van der Waals surface area contributed by atoms with E-state index in [1.165, 1.54) is 128 Å². The summed E-state index contributed by atoms with van der Waals surface area (Å²) in [7, 11) is 0. The Morgan fingerprint density at radius 3 is 1.48 bits per heavy atom. The van der Waals surface area contributed by atoms with Crippen LogP contribution < -0.4 is 5.32 Å². The molecule has 376 valence electrons. The van der Waals surface area contributed by atoms with Gasteiger partial charge in [-0.15, -0.1) is 0 Å². The second-order valence-corrected chi connectivity index (χ2v) is 18.3. The van der Waals surface area contributed by atoms with E-state index in [1.54, 1.807) is 6.08 Å².